The molecule has 0 N–H and O–H groups in total. The van der Waals surface area contributed by atoms with Crippen molar-refractivity contribution in [2.24, 2.45) is 0 Å². The van der Waals surface area contributed by atoms with Crippen molar-refractivity contribution in [2.75, 3.05) is 49.1 Å². The first kappa shape index (κ1) is 19.1. The van der Waals surface area contributed by atoms with Crippen LogP contribution in [0.5, 0.6) is 0 Å². The summed E-state index contributed by atoms with van der Waals surface area (Å²) in [6.45, 7) is 6.59. The van der Waals surface area contributed by atoms with E-state index in [2.05, 4.69) is 31.8 Å². The third kappa shape index (κ3) is 3.35. The van der Waals surface area contributed by atoms with E-state index in [1.165, 1.54) is 11.9 Å². The first-order valence-electron chi connectivity index (χ1n) is 10.3. The summed E-state index contributed by atoms with van der Waals surface area (Å²) in [6.07, 6.45) is 3.71. The van der Waals surface area contributed by atoms with Crippen LogP contribution in [0.15, 0.2) is 29.0 Å². The molecule has 0 radical (unpaired) electrons. The molecule has 2 aliphatic heterocycles. The molecular weight excluding hydrogens is 404 g/mol. The van der Waals surface area contributed by atoms with Gasteiger partial charge in [-0.1, -0.05) is 22.8 Å². The molecule has 2 aliphatic rings. The van der Waals surface area contributed by atoms with Gasteiger partial charge in [0.05, 0.1) is 0 Å². The van der Waals surface area contributed by atoms with Gasteiger partial charge >= 0.3 is 0 Å². The predicted octanol–water partition coefficient (Wildman–Crippen LogP) is 3.14. The molecule has 2 fully saturated rings. The number of carbonyl (C=O) groups excluding carboxylic acids is 1. The molecule has 156 valence electrons. The monoisotopic (exact) mass is 426 g/mol. The van der Waals surface area contributed by atoms with Crippen molar-refractivity contribution in [3.05, 3.63) is 40.8 Å². The molecule has 3 aromatic rings. The van der Waals surface area contributed by atoms with Gasteiger partial charge < -0.3 is 19.2 Å². The van der Waals surface area contributed by atoms with E-state index < -0.39 is 0 Å². The standard InChI is InChI=1S/C21H23ClN6O2/c1-14-4-5-15(22)12-16(14)26-8-10-28(11-9-26)21(29)18-17-19(27-6-2-3-7-27)23-13-24-20(17)30-25-18/h4-5,12-13H,2-3,6-11H2,1H3. The second-order valence-electron chi connectivity index (χ2n) is 7.81. The van der Waals surface area contributed by atoms with Gasteiger partial charge in [-0.15, -0.1) is 0 Å². The highest BCUT2D eigenvalue weighted by atomic mass is 35.5. The summed E-state index contributed by atoms with van der Waals surface area (Å²) in [5.74, 6) is 0.613. The van der Waals surface area contributed by atoms with E-state index in [-0.39, 0.29) is 5.91 Å². The van der Waals surface area contributed by atoms with Crippen molar-refractivity contribution < 1.29 is 9.32 Å². The highest BCUT2D eigenvalue weighted by molar-refractivity contribution is 6.30. The normalized spacial score (nSPS) is 17.2. The predicted molar refractivity (Wildman–Crippen MR) is 115 cm³/mol. The fourth-order valence-corrected chi connectivity index (χ4v) is 4.48. The van der Waals surface area contributed by atoms with Crippen molar-refractivity contribution in [1.29, 1.82) is 0 Å². The second-order valence-corrected chi connectivity index (χ2v) is 8.25. The fraction of sp³-hybridized carbons (Fsp3) is 0.429. The zero-order chi connectivity index (χ0) is 20.7. The van der Waals surface area contributed by atoms with Crippen molar-refractivity contribution in [2.45, 2.75) is 19.8 Å². The zero-order valence-corrected chi connectivity index (χ0v) is 17.6. The number of halogens is 1. The second kappa shape index (κ2) is 7.75. The fourth-order valence-electron chi connectivity index (χ4n) is 4.31. The Labute approximate surface area is 179 Å². The molecule has 0 spiro atoms. The van der Waals surface area contributed by atoms with Crippen molar-refractivity contribution in [3.63, 3.8) is 0 Å². The molecule has 0 atom stereocenters. The van der Waals surface area contributed by atoms with E-state index in [0.29, 0.717) is 29.9 Å². The number of amides is 1. The van der Waals surface area contributed by atoms with E-state index in [9.17, 15) is 4.79 Å². The van der Waals surface area contributed by atoms with Crippen LogP contribution < -0.4 is 9.80 Å². The number of carbonyl (C=O) groups is 1. The van der Waals surface area contributed by atoms with E-state index in [1.807, 2.05) is 23.1 Å². The van der Waals surface area contributed by atoms with Crippen LogP contribution in [0.3, 0.4) is 0 Å². The molecule has 5 rings (SSSR count). The number of fused-ring (bicyclic) bond motifs is 1. The van der Waals surface area contributed by atoms with Crippen LogP contribution in [-0.4, -0.2) is 65.2 Å². The van der Waals surface area contributed by atoms with Gasteiger partial charge in [0.2, 0.25) is 0 Å². The van der Waals surface area contributed by atoms with Gasteiger partial charge in [0.15, 0.2) is 5.69 Å². The largest absolute Gasteiger partial charge is 0.368 e. The minimum Gasteiger partial charge on any atom is -0.368 e. The van der Waals surface area contributed by atoms with Gasteiger partial charge in [-0.2, -0.15) is 4.98 Å². The Bertz CT molecular complexity index is 1090. The first-order valence-corrected chi connectivity index (χ1v) is 10.7. The Morgan fingerprint density at radius 1 is 1.03 bits per heavy atom. The number of nitrogens with zero attached hydrogens (tertiary/aromatic N) is 6. The van der Waals surface area contributed by atoms with Crippen molar-refractivity contribution >= 4 is 40.1 Å². The number of piperazine rings is 1. The summed E-state index contributed by atoms with van der Waals surface area (Å²) < 4.78 is 5.38. The summed E-state index contributed by atoms with van der Waals surface area (Å²) >= 11 is 6.18. The number of hydrogen-bond donors (Lipinski definition) is 0. The average Bonchev–Trinajstić information content (AvgIpc) is 3.45. The van der Waals surface area contributed by atoms with E-state index >= 15 is 0 Å². The smallest absolute Gasteiger partial charge is 0.277 e. The molecule has 0 saturated carbocycles. The number of hydrogen-bond acceptors (Lipinski definition) is 7. The highest BCUT2D eigenvalue weighted by Crippen LogP contribution is 2.30. The van der Waals surface area contributed by atoms with Gasteiger partial charge in [0.1, 0.15) is 17.5 Å². The van der Waals surface area contributed by atoms with Crippen molar-refractivity contribution in [1.82, 2.24) is 20.0 Å². The molecule has 0 bridgehead atoms. The first-order chi connectivity index (χ1) is 14.6. The summed E-state index contributed by atoms with van der Waals surface area (Å²) in [6, 6.07) is 5.91. The Hall–Kier alpha value is -2.87. The molecule has 1 amide bonds. The maximum absolute atomic E-state index is 13.3. The average molecular weight is 427 g/mol. The van der Waals surface area contributed by atoms with Crippen molar-refractivity contribution in [3.8, 4) is 0 Å². The van der Waals surface area contributed by atoms with Crippen LogP contribution in [-0.2, 0) is 0 Å². The van der Waals surface area contributed by atoms with Gasteiger partial charge in [0, 0.05) is 50.0 Å². The third-order valence-electron chi connectivity index (χ3n) is 5.94. The number of benzene rings is 1. The molecule has 4 heterocycles. The molecule has 30 heavy (non-hydrogen) atoms. The van der Waals surface area contributed by atoms with E-state index in [0.717, 1.165) is 55.5 Å². The van der Waals surface area contributed by atoms with Crippen LogP contribution in [0, 0.1) is 6.92 Å². The van der Waals surface area contributed by atoms with Crippen LogP contribution in [0.2, 0.25) is 5.02 Å². The maximum Gasteiger partial charge on any atom is 0.277 e. The Morgan fingerprint density at radius 2 is 1.80 bits per heavy atom. The number of aryl methyl sites for hydroxylation is 1. The molecular formula is C21H23ClN6O2. The Balaban J connectivity index is 1.37. The summed E-state index contributed by atoms with van der Waals surface area (Å²) in [7, 11) is 0. The molecule has 8 nitrogen and oxygen atoms in total. The molecule has 1 aromatic carbocycles. The minimum absolute atomic E-state index is 0.133. The Kier molecular flexibility index (Phi) is 4.94. The maximum atomic E-state index is 13.3. The lowest BCUT2D eigenvalue weighted by Crippen LogP contribution is -2.49. The van der Waals surface area contributed by atoms with E-state index in [1.54, 1.807) is 0 Å². The summed E-state index contributed by atoms with van der Waals surface area (Å²) in [4.78, 5) is 28.2. The van der Waals surface area contributed by atoms with Crippen LogP contribution in [0.25, 0.3) is 11.1 Å². The quantitative estimate of drug-likeness (QED) is 0.636. The lowest BCUT2D eigenvalue weighted by molar-refractivity contribution is 0.0738. The number of rotatable bonds is 3. The molecule has 9 heteroatoms. The minimum atomic E-state index is -0.133. The van der Waals surface area contributed by atoms with Gasteiger partial charge in [0.25, 0.3) is 11.6 Å². The van der Waals surface area contributed by atoms with Crippen LogP contribution in [0.1, 0.15) is 28.9 Å². The summed E-state index contributed by atoms with van der Waals surface area (Å²) in [5.41, 5.74) is 2.96. The van der Waals surface area contributed by atoms with Gasteiger partial charge in [-0.25, -0.2) is 4.98 Å². The topological polar surface area (TPSA) is 78.6 Å². The lowest BCUT2D eigenvalue weighted by Gasteiger charge is -2.36. The lowest BCUT2D eigenvalue weighted by atomic mass is 10.1. The zero-order valence-electron chi connectivity index (χ0n) is 16.8. The summed E-state index contributed by atoms with van der Waals surface area (Å²) in [5, 5.41) is 5.42. The van der Waals surface area contributed by atoms with E-state index in [4.69, 9.17) is 16.1 Å². The SMILES string of the molecule is Cc1ccc(Cl)cc1N1CCN(C(=O)c2noc3ncnc(N4CCCC4)c23)CC1. The van der Waals surface area contributed by atoms with Crippen LogP contribution in [0.4, 0.5) is 11.5 Å². The molecule has 0 unspecified atom stereocenters. The van der Waals surface area contributed by atoms with Gasteiger partial charge in [-0.3, -0.25) is 4.79 Å². The molecule has 0 aliphatic carbocycles. The molecule has 2 aromatic heterocycles. The Morgan fingerprint density at radius 3 is 2.57 bits per heavy atom. The highest BCUT2D eigenvalue weighted by Gasteiger charge is 2.30. The number of anilines is 2. The van der Waals surface area contributed by atoms with Gasteiger partial charge in [-0.05, 0) is 37.5 Å². The third-order valence-corrected chi connectivity index (χ3v) is 6.17. The molecule has 2 saturated heterocycles. The van der Waals surface area contributed by atoms with Crippen LogP contribution >= 0.6 is 11.6 Å². The number of aromatic nitrogens is 3.